The molecule has 0 saturated carbocycles. The molecule has 1 amide bonds. The Bertz CT molecular complexity index is 323. The van der Waals surface area contributed by atoms with Gasteiger partial charge in [-0.3, -0.25) is 4.79 Å². The van der Waals surface area contributed by atoms with Crippen molar-refractivity contribution in [1.82, 2.24) is 10.6 Å². The van der Waals surface area contributed by atoms with E-state index in [1.54, 1.807) is 13.4 Å². The fourth-order valence-electron chi connectivity index (χ4n) is 1.23. The summed E-state index contributed by atoms with van der Waals surface area (Å²) >= 11 is 0. The van der Waals surface area contributed by atoms with Gasteiger partial charge in [-0.05, 0) is 18.6 Å². The molecule has 0 aliphatic carbocycles. The molecule has 0 aliphatic rings. The fourth-order valence-corrected chi connectivity index (χ4v) is 1.23. The van der Waals surface area contributed by atoms with Crippen LogP contribution in [0.15, 0.2) is 16.7 Å². The molecular formula is C11H18N2O3. The van der Waals surface area contributed by atoms with Crippen LogP contribution in [0.5, 0.6) is 0 Å². The van der Waals surface area contributed by atoms with E-state index in [0.29, 0.717) is 19.7 Å². The Morgan fingerprint density at radius 2 is 2.38 bits per heavy atom. The Balaban J connectivity index is 2.11. The molecule has 5 nitrogen and oxygen atoms in total. The van der Waals surface area contributed by atoms with Crippen LogP contribution < -0.4 is 10.6 Å². The maximum Gasteiger partial charge on any atom is 0.234 e. The van der Waals surface area contributed by atoms with Gasteiger partial charge < -0.3 is 19.8 Å². The quantitative estimate of drug-likeness (QED) is 0.662. The lowest BCUT2D eigenvalue weighted by Gasteiger charge is -2.05. The van der Waals surface area contributed by atoms with E-state index in [1.807, 2.05) is 13.0 Å². The van der Waals surface area contributed by atoms with Gasteiger partial charge in [0.15, 0.2) is 0 Å². The number of methoxy groups -OCH3 is 1. The molecule has 1 heterocycles. The Labute approximate surface area is 95.2 Å². The van der Waals surface area contributed by atoms with E-state index in [-0.39, 0.29) is 12.5 Å². The van der Waals surface area contributed by atoms with E-state index in [4.69, 9.17) is 9.15 Å². The zero-order chi connectivity index (χ0) is 11.8. The third-order valence-corrected chi connectivity index (χ3v) is 2.17. The Morgan fingerprint density at radius 3 is 3.00 bits per heavy atom. The molecule has 1 aromatic heterocycles. The summed E-state index contributed by atoms with van der Waals surface area (Å²) < 4.78 is 10.1. The van der Waals surface area contributed by atoms with Crippen molar-refractivity contribution in [2.45, 2.75) is 13.5 Å². The van der Waals surface area contributed by atoms with E-state index in [2.05, 4.69) is 10.6 Å². The highest BCUT2D eigenvalue weighted by Crippen LogP contribution is 2.07. The molecule has 0 bridgehead atoms. The second-order valence-corrected chi connectivity index (χ2v) is 3.47. The summed E-state index contributed by atoms with van der Waals surface area (Å²) in [6, 6.07) is 1.90. The minimum atomic E-state index is -0.0405. The Kier molecular flexibility index (Phi) is 5.60. The van der Waals surface area contributed by atoms with E-state index < -0.39 is 0 Å². The smallest absolute Gasteiger partial charge is 0.234 e. The number of amides is 1. The predicted molar refractivity (Wildman–Crippen MR) is 60.0 cm³/mol. The van der Waals surface area contributed by atoms with Crippen molar-refractivity contribution >= 4 is 5.91 Å². The molecular weight excluding hydrogens is 208 g/mol. The number of carbonyl (C=O) groups excluding carboxylic acids is 1. The van der Waals surface area contributed by atoms with Crippen molar-refractivity contribution in [2.24, 2.45) is 0 Å². The van der Waals surface area contributed by atoms with Crippen molar-refractivity contribution in [1.29, 1.82) is 0 Å². The van der Waals surface area contributed by atoms with Crippen LogP contribution in [-0.4, -0.2) is 32.7 Å². The maximum absolute atomic E-state index is 11.3. The van der Waals surface area contributed by atoms with Crippen LogP contribution in [0.2, 0.25) is 0 Å². The topological polar surface area (TPSA) is 63.5 Å². The number of rotatable bonds is 7. The first-order valence-electron chi connectivity index (χ1n) is 5.23. The van der Waals surface area contributed by atoms with E-state index in [1.165, 1.54) is 0 Å². The van der Waals surface area contributed by atoms with Crippen LogP contribution in [0.1, 0.15) is 11.3 Å². The van der Waals surface area contributed by atoms with Gasteiger partial charge in [-0.25, -0.2) is 0 Å². The molecule has 5 heteroatoms. The summed E-state index contributed by atoms with van der Waals surface area (Å²) in [6.07, 6.45) is 1.64. The standard InChI is InChI=1S/C11H18N2O3/c1-9-3-5-16-10(9)7-12-8-11(14)13-4-6-15-2/h3,5,12H,4,6-8H2,1-2H3,(H,13,14). The van der Waals surface area contributed by atoms with Crippen molar-refractivity contribution < 1.29 is 13.9 Å². The van der Waals surface area contributed by atoms with Gasteiger partial charge in [0.25, 0.3) is 0 Å². The van der Waals surface area contributed by atoms with Crippen LogP contribution in [0, 0.1) is 6.92 Å². The van der Waals surface area contributed by atoms with Gasteiger partial charge in [-0.1, -0.05) is 0 Å². The Morgan fingerprint density at radius 1 is 1.56 bits per heavy atom. The summed E-state index contributed by atoms with van der Waals surface area (Å²) in [6.45, 7) is 3.89. The van der Waals surface area contributed by atoms with Crippen molar-refractivity contribution in [3.05, 3.63) is 23.7 Å². The largest absolute Gasteiger partial charge is 0.468 e. The summed E-state index contributed by atoms with van der Waals surface area (Å²) in [5.74, 6) is 0.825. The number of ether oxygens (including phenoxy) is 1. The lowest BCUT2D eigenvalue weighted by atomic mass is 10.3. The second kappa shape index (κ2) is 7.03. The molecule has 1 rings (SSSR count). The number of carbonyl (C=O) groups is 1. The highest BCUT2D eigenvalue weighted by atomic mass is 16.5. The first kappa shape index (κ1) is 12.7. The van der Waals surface area contributed by atoms with Crippen molar-refractivity contribution in [2.75, 3.05) is 26.8 Å². The molecule has 0 spiro atoms. The Hall–Kier alpha value is -1.33. The molecule has 0 aliphatic heterocycles. The number of furan rings is 1. The summed E-state index contributed by atoms with van der Waals surface area (Å²) in [4.78, 5) is 11.3. The molecule has 2 N–H and O–H groups in total. The van der Waals surface area contributed by atoms with Crippen LogP contribution >= 0.6 is 0 Å². The zero-order valence-corrected chi connectivity index (χ0v) is 9.71. The minimum absolute atomic E-state index is 0.0405. The van der Waals surface area contributed by atoms with Gasteiger partial charge in [0.05, 0.1) is 26.0 Å². The van der Waals surface area contributed by atoms with Crippen LogP contribution in [0.25, 0.3) is 0 Å². The molecule has 0 aromatic carbocycles. The SMILES string of the molecule is COCCNC(=O)CNCc1occc1C. The third-order valence-electron chi connectivity index (χ3n) is 2.17. The molecule has 0 saturated heterocycles. The minimum Gasteiger partial charge on any atom is -0.468 e. The maximum atomic E-state index is 11.3. The lowest BCUT2D eigenvalue weighted by Crippen LogP contribution is -2.35. The highest BCUT2D eigenvalue weighted by molar-refractivity contribution is 5.77. The fraction of sp³-hybridized carbons (Fsp3) is 0.545. The summed E-state index contributed by atoms with van der Waals surface area (Å²) in [7, 11) is 1.60. The van der Waals surface area contributed by atoms with Crippen LogP contribution in [-0.2, 0) is 16.1 Å². The normalized spacial score (nSPS) is 10.4. The first-order chi connectivity index (χ1) is 7.74. The number of hydrogen-bond acceptors (Lipinski definition) is 4. The van der Waals surface area contributed by atoms with Crippen molar-refractivity contribution in [3.63, 3.8) is 0 Å². The molecule has 0 unspecified atom stereocenters. The van der Waals surface area contributed by atoms with Gasteiger partial charge in [-0.2, -0.15) is 0 Å². The molecule has 0 fully saturated rings. The molecule has 0 radical (unpaired) electrons. The van der Waals surface area contributed by atoms with Crippen LogP contribution in [0.3, 0.4) is 0 Å². The van der Waals surface area contributed by atoms with Gasteiger partial charge in [-0.15, -0.1) is 0 Å². The highest BCUT2D eigenvalue weighted by Gasteiger charge is 2.03. The number of hydrogen-bond donors (Lipinski definition) is 2. The average Bonchev–Trinajstić information content (AvgIpc) is 2.65. The van der Waals surface area contributed by atoms with E-state index in [9.17, 15) is 4.79 Å². The first-order valence-corrected chi connectivity index (χ1v) is 5.23. The van der Waals surface area contributed by atoms with E-state index in [0.717, 1.165) is 11.3 Å². The molecule has 90 valence electrons. The second-order valence-electron chi connectivity index (χ2n) is 3.47. The number of nitrogens with one attached hydrogen (secondary N) is 2. The monoisotopic (exact) mass is 226 g/mol. The van der Waals surface area contributed by atoms with E-state index >= 15 is 0 Å². The van der Waals surface area contributed by atoms with Gasteiger partial charge in [0, 0.05) is 13.7 Å². The predicted octanol–water partition coefficient (Wildman–Crippen LogP) is 0.440. The van der Waals surface area contributed by atoms with Gasteiger partial charge in [0.1, 0.15) is 5.76 Å². The van der Waals surface area contributed by atoms with Crippen molar-refractivity contribution in [3.8, 4) is 0 Å². The number of aryl methyl sites for hydroxylation is 1. The van der Waals surface area contributed by atoms with Gasteiger partial charge in [0.2, 0.25) is 5.91 Å². The lowest BCUT2D eigenvalue weighted by molar-refractivity contribution is -0.120. The summed E-state index contributed by atoms with van der Waals surface area (Å²) in [5.41, 5.74) is 1.09. The molecule has 0 atom stereocenters. The average molecular weight is 226 g/mol. The van der Waals surface area contributed by atoms with Gasteiger partial charge >= 0.3 is 0 Å². The summed E-state index contributed by atoms with van der Waals surface area (Å²) in [5, 5.41) is 5.73. The third kappa shape index (κ3) is 4.46. The molecule has 1 aromatic rings. The van der Waals surface area contributed by atoms with Crippen LogP contribution in [0.4, 0.5) is 0 Å². The zero-order valence-electron chi connectivity index (χ0n) is 9.71. The molecule has 16 heavy (non-hydrogen) atoms.